The number of fused-ring (bicyclic) bond motifs is 1. The summed E-state index contributed by atoms with van der Waals surface area (Å²) in [5, 5.41) is 10.1. The van der Waals surface area contributed by atoms with Crippen LogP contribution in [-0.2, 0) is 22.7 Å². The number of ether oxygens (including phenoxy) is 1. The second-order valence-electron chi connectivity index (χ2n) is 11.0. The van der Waals surface area contributed by atoms with Crippen LogP contribution in [0, 0.1) is 6.92 Å². The fourth-order valence-electron chi connectivity index (χ4n) is 4.96. The fourth-order valence-corrected chi connectivity index (χ4v) is 5.59. The number of anilines is 2. The average Bonchev–Trinajstić information content (AvgIpc) is 3.12. The Morgan fingerprint density at radius 3 is 2.51 bits per heavy atom. The number of rotatable bonds is 12. The molecule has 0 unspecified atom stereocenters. The number of aromatic nitrogens is 2. The number of pyridine rings is 2. The fraction of sp³-hybridized carbons (Fsp3) is 0.162. The van der Waals surface area contributed by atoms with Gasteiger partial charge in [0, 0.05) is 66.2 Å². The molecule has 49 heavy (non-hydrogen) atoms. The quantitative estimate of drug-likeness (QED) is 0.126. The van der Waals surface area contributed by atoms with Gasteiger partial charge in [-0.05, 0) is 67.1 Å². The maximum absolute atomic E-state index is 13.1. The zero-order chi connectivity index (χ0) is 34.9. The average molecular weight is 698 g/mol. The van der Waals surface area contributed by atoms with E-state index in [9.17, 15) is 14.4 Å². The summed E-state index contributed by atoms with van der Waals surface area (Å²) in [5.74, 6) is -0.343. The topological polar surface area (TPSA) is 126 Å². The Kier molecular flexibility index (Phi) is 11.5. The van der Waals surface area contributed by atoms with Crippen LogP contribution in [0.25, 0.3) is 17.0 Å². The molecule has 0 radical (unpaired) electrons. The number of carbonyl (C=O) groups excluding carboxylic acids is 3. The van der Waals surface area contributed by atoms with Gasteiger partial charge in [0.25, 0.3) is 5.91 Å². The van der Waals surface area contributed by atoms with Crippen molar-refractivity contribution in [2.75, 3.05) is 30.9 Å². The van der Waals surface area contributed by atoms with E-state index in [0.29, 0.717) is 39.2 Å². The van der Waals surface area contributed by atoms with Crippen LogP contribution < -0.4 is 25.6 Å². The van der Waals surface area contributed by atoms with Crippen molar-refractivity contribution < 1.29 is 19.1 Å². The Labute approximate surface area is 294 Å². The lowest BCUT2D eigenvalue weighted by molar-refractivity contribution is -0.122. The summed E-state index contributed by atoms with van der Waals surface area (Å²) in [6.07, 6.45) is 4.64. The number of nitrogens with one attached hydrogen (secondary N) is 3. The van der Waals surface area contributed by atoms with Gasteiger partial charge < -0.3 is 25.6 Å². The van der Waals surface area contributed by atoms with E-state index in [2.05, 4.69) is 20.9 Å². The Morgan fingerprint density at radius 1 is 0.980 bits per heavy atom. The number of hydrogen-bond acceptors (Lipinski definition) is 7. The summed E-state index contributed by atoms with van der Waals surface area (Å²) in [5.41, 5.74) is 5.34. The van der Waals surface area contributed by atoms with E-state index in [1.807, 2.05) is 49.4 Å². The lowest BCUT2D eigenvalue weighted by Gasteiger charge is -2.21. The van der Waals surface area contributed by atoms with Crippen LogP contribution in [0.1, 0.15) is 32.9 Å². The molecular weight excluding hydrogens is 663 g/mol. The lowest BCUT2D eigenvalue weighted by atomic mass is 10.1. The van der Waals surface area contributed by atoms with Crippen LogP contribution in [0.5, 0.6) is 5.75 Å². The second kappa shape index (κ2) is 16.1. The first-order valence-electron chi connectivity index (χ1n) is 15.3. The van der Waals surface area contributed by atoms with Crippen molar-refractivity contribution in [2.45, 2.75) is 20.1 Å². The monoisotopic (exact) mass is 696 g/mol. The van der Waals surface area contributed by atoms with Crippen molar-refractivity contribution in [2.24, 2.45) is 0 Å². The number of hydrogen-bond donors (Lipinski definition) is 3. The summed E-state index contributed by atoms with van der Waals surface area (Å²) in [7, 11) is 3.13. The van der Waals surface area contributed by atoms with Gasteiger partial charge in [0.1, 0.15) is 12.4 Å². The summed E-state index contributed by atoms with van der Waals surface area (Å²) in [6, 6.07) is 23.4. The van der Waals surface area contributed by atoms with Crippen LogP contribution in [0.15, 0.2) is 91.1 Å². The number of carbonyl (C=O) groups is 3. The van der Waals surface area contributed by atoms with Crippen LogP contribution in [0.2, 0.25) is 10.0 Å². The standard InChI is InChI=1S/C37H34Cl2N6O4/c1-23-19-32(49-22-26-7-4-5-18-41-26)27-8-6-9-30(36(27)44-23)42-20-28-29(38)15-16-31(35(28)39)45(3)34(47)21-43-33(46)17-12-24-10-13-25(14-11-24)37(48)40-2/h4-19,42H,20-22H2,1-3H3,(H,40,48)(H,43,46)/b17-12+. The number of para-hydroxylation sites is 1. The summed E-state index contributed by atoms with van der Waals surface area (Å²) >= 11 is 13.4. The van der Waals surface area contributed by atoms with E-state index in [1.54, 1.807) is 62.8 Å². The molecule has 10 nitrogen and oxygen atoms in total. The van der Waals surface area contributed by atoms with E-state index < -0.39 is 5.91 Å². The highest BCUT2D eigenvalue weighted by atomic mass is 35.5. The number of amides is 3. The molecule has 0 fully saturated rings. The lowest BCUT2D eigenvalue weighted by Crippen LogP contribution is -2.37. The molecule has 5 aromatic rings. The molecule has 0 bridgehead atoms. The zero-order valence-corrected chi connectivity index (χ0v) is 28.6. The molecule has 0 spiro atoms. The van der Waals surface area contributed by atoms with Crippen molar-refractivity contribution in [3.05, 3.63) is 129 Å². The van der Waals surface area contributed by atoms with Gasteiger partial charge in [0.05, 0.1) is 34.2 Å². The number of halogens is 2. The van der Waals surface area contributed by atoms with E-state index in [-0.39, 0.29) is 24.9 Å². The molecule has 3 N–H and O–H groups in total. The molecular formula is C37H34Cl2N6O4. The molecule has 5 rings (SSSR count). The Bertz CT molecular complexity index is 2020. The first-order valence-corrected chi connectivity index (χ1v) is 16.1. The highest BCUT2D eigenvalue weighted by Crippen LogP contribution is 2.36. The SMILES string of the molecule is CNC(=O)c1ccc(/C=C/C(=O)NCC(=O)N(C)c2ccc(Cl)c(CNc3cccc4c(OCc5ccccn5)cc(C)nc34)c2Cl)cc1. The number of likely N-dealkylation sites (N-methyl/N-ethyl adjacent to an activating group) is 1. The van der Waals surface area contributed by atoms with E-state index >= 15 is 0 Å². The van der Waals surface area contributed by atoms with E-state index in [4.69, 9.17) is 32.9 Å². The number of nitrogens with zero attached hydrogens (tertiary/aromatic N) is 3. The predicted octanol–water partition coefficient (Wildman–Crippen LogP) is 6.59. The normalized spacial score (nSPS) is 11.0. The highest BCUT2D eigenvalue weighted by Gasteiger charge is 2.19. The minimum Gasteiger partial charge on any atom is -0.487 e. The maximum Gasteiger partial charge on any atom is 0.251 e. The molecule has 0 aliphatic heterocycles. The van der Waals surface area contributed by atoms with Gasteiger partial charge in [0.15, 0.2) is 0 Å². The molecule has 3 amide bonds. The van der Waals surface area contributed by atoms with Gasteiger partial charge in [-0.2, -0.15) is 0 Å². The molecule has 2 heterocycles. The number of benzene rings is 3. The van der Waals surface area contributed by atoms with Gasteiger partial charge in [-0.15, -0.1) is 0 Å². The Balaban J connectivity index is 1.24. The molecule has 0 aliphatic carbocycles. The first-order chi connectivity index (χ1) is 23.6. The van der Waals surface area contributed by atoms with Crippen LogP contribution in [0.3, 0.4) is 0 Å². The number of aryl methyl sites for hydroxylation is 1. The molecule has 0 aliphatic rings. The van der Waals surface area contributed by atoms with Gasteiger partial charge in [-0.3, -0.25) is 24.4 Å². The molecule has 3 aromatic carbocycles. The van der Waals surface area contributed by atoms with E-state index in [1.165, 1.54) is 11.0 Å². The van der Waals surface area contributed by atoms with Gasteiger partial charge in [0.2, 0.25) is 11.8 Å². The van der Waals surface area contributed by atoms with Crippen molar-refractivity contribution in [3.63, 3.8) is 0 Å². The van der Waals surface area contributed by atoms with Crippen LogP contribution in [0.4, 0.5) is 11.4 Å². The smallest absolute Gasteiger partial charge is 0.251 e. The molecule has 0 saturated heterocycles. The van der Waals surface area contributed by atoms with Crippen LogP contribution >= 0.6 is 23.2 Å². The second-order valence-corrected chi connectivity index (χ2v) is 11.8. The Morgan fingerprint density at radius 2 is 1.78 bits per heavy atom. The summed E-state index contributed by atoms with van der Waals surface area (Å²) < 4.78 is 6.14. The van der Waals surface area contributed by atoms with Crippen molar-refractivity contribution in [1.29, 1.82) is 0 Å². The van der Waals surface area contributed by atoms with Crippen molar-refractivity contribution in [3.8, 4) is 5.75 Å². The largest absolute Gasteiger partial charge is 0.487 e. The highest BCUT2D eigenvalue weighted by molar-refractivity contribution is 6.38. The maximum atomic E-state index is 13.1. The minimum atomic E-state index is -0.451. The first kappa shape index (κ1) is 34.9. The summed E-state index contributed by atoms with van der Waals surface area (Å²) in [4.78, 5) is 47.7. The molecule has 250 valence electrons. The van der Waals surface area contributed by atoms with Gasteiger partial charge in [-0.1, -0.05) is 47.5 Å². The third-order valence-electron chi connectivity index (χ3n) is 7.63. The van der Waals surface area contributed by atoms with Crippen molar-refractivity contribution in [1.82, 2.24) is 20.6 Å². The zero-order valence-electron chi connectivity index (χ0n) is 27.1. The third kappa shape index (κ3) is 8.72. The van der Waals surface area contributed by atoms with Gasteiger partial charge in [-0.25, -0.2) is 0 Å². The van der Waals surface area contributed by atoms with E-state index in [0.717, 1.165) is 33.5 Å². The molecule has 0 atom stereocenters. The van der Waals surface area contributed by atoms with Crippen molar-refractivity contribution >= 4 is 69.3 Å². The molecule has 0 saturated carbocycles. The van der Waals surface area contributed by atoms with Gasteiger partial charge >= 0.3 is 0 Å². The molecule has 2 aromatic heterocycles. The predicted molar refractivity (Wildman–Crippen MR) is 194 cm³/mol. The third-order valence-corrected chi connectivity index (χ3v) is 8.40. The minimum absolute atomic E-state index is 0.199. The summed E-state index contributed by atoms with van der Waals surface area (Å²) in [6.45, 7) is 2.21. The van der Waals surface area contributed by atoms with Crippen LogP contribution in [-0.4, -0.2) is 48.3 Å². The molecule has 12 heteroatoms. The Hall–Kier alpha value is -5.45.